The smallest absolute Gasteiger partial charge is 0.0560 e. The van der Waals surface area contributed by atoms with Crippen molar-refractivity contribution >= 4 is 0 Å². The predicted molar refractivity (Wildman–Crippen MR) is 88.1 cm³/mol. The number of aromatic nitrogens is 2. The molecule has 0 bridgehead atoms. The van der Waals surface area contributed by atoms with Gasteiger partial charge in [0.2, 0.25) is 0 Å². The topological polar surface area (TPSA) is 29.9 Å². The standard InChI is InChI=1S/C18H27N3/c1-3-4-6-12-18(17-10-7-5-8-11-17)20-16(2)15-21-14-9-13-19-21/h5,7-11,13-14,16,18,20H,3-4,6,12,15H2,1-2H3. The Morgan fingerprint density at radius 2 is 1.95 bits per heavy atom. The average Bonchev–Trinajstić information content (AvgIpc) is 3.00. The summed E-state index contributed by atoms with van der Waals surface area (Å²) in [6.07, 6.45) is 8.90. The van der Waals surface area contributed by atoms with E-state index in [0.29, 0.717) is 12.1 Å². The van der Waals surface area contributed by atoms with Crippen LogP contribution in [0.1, 0.15) is 51.1 Å². The average molecular weight is 285 g/mol. The maximum atomic E-state index is 4.29. The molecule has 0 amide bonds. The molecule has 0 aliphatic carbocycles. The van der Waals surface area contributed by atoms with Crippen LogP contribution in [-0.2, 0) is 6.54 Å². The monoisotopic (exact) mass is 285 g/mol. The van der Waals surface area contributed by atoms with Crippen LogP contribution in [0.25, 0.3) is 0 Å². The maximum Gasteiger partial charge on any atom is 0.0560 e. The van der Waals surface area contributed by atoms with E-state index in [0.717, 1.165) is 6.54 Å². The molecule has 3 nitrogen and oxygen atoms in total. The second-order valence-corrected chi connectivity index (χ2v) is 5.75. The van der Waals surface area contributed by atoms with E-state index in [1.165, 1.54) is 31.2 Å². The summed E-state index contributed by atoms with van der Waals surface area (Å²) in [5.41, 5.74) is 1.39. The van der Waals surface area contributed by atoms with E-state index in [-0.39, 0.29) is 0 Å². The van der Waals surface area contributed by atoms with Crippen molar-refractivity contribution in [3.8, 4) is 0 Å². The Kier molecular flexibility index (Phi) is 6.48. The van der Waals surface area contributed by atoms with Gasteiger partial charge in [-0.1, -0.05) is 56.5 Å². The molecule has 2 atom stereocenters. The van der Waals surface area contributed by atoms with Gasteiger partial charge in [-0.05, 0) is 25.0 Å². The largest absolute Gasteiger partial charge is 0.306 e. The van der Waals surface area contributed by atoms with Crippen LogP contribution in [0.4, 0.5) is 0 Å². The van der Waals surface area contributed by atoms with Crippen LogP contribution in [0, 0.1) is 0 Å². The van der Waals surface area contributed by atoms with E-state index >= 15 is 0 Å². The number of hydrogen-bond acceptors (Lipinski definition) is 2. The second kappa shape index (κ2) is 8.63. The highest BCUT2D eigenvalue weighted by Gasteiger charge is 2.14. The van der Waals surface area contributed by atoms with E-state index in [9.17, 15) is 0 Å². The van der Waals surface area contributed by atoms with Gasteiger partial charge < -0.3 is 5.32 Å². The van der Waals surface area contributed by atoms with Crippen molar-refractivity contribution in [1.29, 1.82) is 0 Å². The molecule has 0 saturated carbocycles. The molecular weight excluding hydrogens is 258 g/mol. The summed E-state index contributed by atoms with van der Waals surface area (Å²) in [4.78, 5) is 0. The van der Waals surface area contributed by atoms with E-state index < -0.39 is 0 Å². The molecule has 1 aromatic carbocycles. The molecule has 3 heteroatoms. The first-order chi connectivity index (χ1) is 10.3. The highest BCUT2D eigenvalue weighted by Crippen LogP contribution is 2.20. The van der Waals surface area contributed by atoms with Crippen molar-refractivity contribution in [2.24, 2.45) is 0 Å². The van der Waals surface area contributed by atoms with Gasteiger partial charge in [-0.25, -0.2) is 0 Å². The summed E-state index contributed by atoms with van der Waals surface area (Å²) in [6.45, 7) is 5.40. The van der Waals surface area contributed by atoms with E-state index in [2.05, 4.69) is 54.6 Å². The van der Waals surface area contributed by atoms with Crippen molar-refractivity contribution in [2.75, 3.05) is 0 Å². The number of benzene rings is 1. The SMILES string of the molecule is CCCCCC(NC(C)Cn1cccn1)c1ccccc1. The zero-order valence-electron chi connectivity index (χ0n) is 13.2. The lowest BCUT2D eigenvalue weighted by Crippen LogP contribution is -2.34. The molecule has 2 unspecified atom stereocenters. The molecule has 1 heterocycles. The molecule has 114 valence electrons. The van der Waals surface area contributed by atoms with Crippen LogP contribution in [0.5, 0.6) is 0 Å². The van der Waals surface area contributed by atoms with Crippen LogP contribution in [0.15, 0.2) is 48.8 Å². The van der Waals surface area contributed by atoms with E-state index in [1.54, 1.807) is 0 Å². The molecule has 0 aliphatic rings. The minimum atomic E-state index is 0.400. The summed E-state index contributed by atoms with van der Waals surface area (Å²) in [5.74, 6) is 0. The Hall–Kier alpha value is -1.61. The third kappa shape index (κ3) is 5.35. The molecule has 0 spiro atoms. The quantitative estimate of drug-likeness (QED) is 0.700. The molecule has 1 N–H and O–H groups in total. The van der Waals surface area contributed by atoms with E-state index in [4.69, 9.17) is 0 Å². The van der Waals surface area contributed by atoms with Gasteiger partial charge in [-0.3, -0.25) is 4.68 Å². The van der Waals surface area contributed by atoms with Gasteiger partial charge in [-0.15, -0.1) is 0 Å². The third-order valence-electron chi connectivity index (χ3n) is 3.80. The van der Waals surface area contributed by atoms with Crippen LogP contribution in [0.3, 0.4) is 0 Å². The molecule has 0 saturated heterocycles. The van der Waals surface area contributed by atoms with Gasteiger partial charge >= 0.3 is 0 Å². The zero-order valence-corrected chi connectivity index (χ0v) is 13.2. The Morgan fingerprint density at radius 3 is 2.62 bits per heavy atom. The normalized spacial score (nSPS) is 14.0. The second-order valence-electron chi connectivity index (χ2n) is 5.75. The molecule has 0 radical (unpaired) electrons. The first-order valence-corrected chi connectivity index (χ1v) is 8.08. The Labute approximate surface area is 128 Å². The Bertz CT molecular complexity index is 478. The van der Waals surface area contributed by atoms with Crippen LogP contribution >= 0.6 is 0 Å². The summed E-state index contributed by atoms with van der Waals surface area (Å²) in [5, 5.41) is 8.06. The molecule has 2 aromatic rings. The van der Waals surface area contributed by atoms with Crippen LogP contribution < -0.4 is 5.32 Å². The molecule has 0 fully saturated rings. The summed E-state index contributed by atoms with van der Waals surface area (Å²) >= 11 is 0. The lowest BCUT2D eigenvalue weighted by molar-refractivity contribution is 0.378. The van der Waals surface area contributed by atoms with Gasteiger partial charge in [-0.2, -0.15) is 5.10 Å². The highest BCUT2D eigenvalue weighted by atomic mass is 15.3. The third-order valence-corrected chi connectivity index (χ3v) is 3.80. The number of nitrogens with zero attached hydrogens (tertiary/aromatic N) is 2. The number of rotatable bonds is 9. The fraction of sp³-hybridized carbons (Fsp3) is 0.500. The van der Waals surface area contributed by atoms with E-state index in [1.807, 2.05) is 23.1 Å². The Balaban J connectivity index is 1.94. The zero-order chi connectivity index (χ0) is 14.9. The minimum absolute atomic E-state index is 0.400. The number of hydrogen-bond donors (Lipinski definition) is 1. The van der Waals surface area contributed by atoms with Crippen molar-refractivity contribution in [2.45, 2.75) is 58.2 Å². The highest BCUT2D eigenvalue weighted by molar-refractivity contribution is 5.18. The van der Waals surface area contributed by atoms with Crippen molar-refractivity contribution in [3.63, 3.8) is 0 Å². The van der Waals surface area contributed by atoms with Crippen LogP contribution in [-0.4, -0.2) is 15.8 Å². The molecule has 2 rings (SSSR count). The molecule has 1 aromatic heterocycles. The molecule has 0 aliphatic heterocycles. The summed E-state index contributed by atoms with van der Waals surface area (Å²) in [7, 11) is 0. The number of unbranched alkanes of at least 4 members (excludes halogenated alkanes) is 2. The first-order valence-electron chi connectivity index (χ1n) is 8.08. The number of nitrogens with one attached hydrogen (secondary N) is 1. The lowest BCUT2D eigenvalue weighted by Gasteiger charge is -2.24. The van der Waals surface area contributed by atoms with Crippen molar-refractivity contribution in [1.82, 2.24) is 15.1 Å². The van der Waals surface area contributed by atoms with Gasteiger partial charge in [0.05, 0.1) is 6.54 Å². The van der Waals surface area contributed by atoms with Gasteiger partial charge in [0.15, 0.2) is 0 Å². The Morgan fingerprint density at radius 1 is 1.14 bits per heavy atom. The van der Waals surface area contributed by atoms with Gasteiger partial charge in [0.1, 0.15) is 0 Å². The molecule has 21 heavy (non-hydrogen) atoms. The lowest BCUT2D eigenvalue weighted by atomic mass is 9.99. The van der Waals surface area contributed by atoms with Crippen molar-refractivity contribution in [3.05, 3.63) is 54.4 Å². The fourth-order valence-corrected chi connectivity index (χ4v) is 2.72. The summed E-state index contributed by atoms with van der Waals surface area (Å²) < 4.78 is 1.99. The summed E-state index contributed by atoms with van der Waals surface area (Å²) in [6, 6.07) is 13.6. The minimum Gasteiger partial charge on any atom is -0.306 e. The van der Waals surface area contributed by atoms with Gasteiger partial charge in [0, 0.05) is 24.5 Å². The maximum absolute atomic E-state index is 4.29. The van der Waals surface area contributed by atoms with Crippen molar-refractivity contribution < 1.29 is 0 Å². The van der Waals surface area contributed by atoms with Crippen LogP contribution in [0.2, 0.25) is 0 Å². The van der Waals surface area contributed by atoms with Gasteiger partial charge in [0.25, 0.3) is 0 Å². The molecular formula is C18H27N3. The fourth-order valence-electron chi connectivity index (χ4n) is 2.72. The predicted octanol–water partition coefficient (Wildman–Crippen LogP) is 4.18. The first kappa shape index (κ1) is 15.8.